The highest BCUT2D eigenvalue weighted by atomic mass is 16.6. The lowest BCUT2D eigenvalue weighted by Gasteiger charge is -2.06. The van der Waals surface area contributed by atoms with Crippen molar-refractivity contribution < 1.29 is 23.7 Å². The fourth-order valence-corrected chi connectivity index (χ4v) is 1.03. The molecule has 0 heterocycles. The predicted molar refractivity (Wildman–Crippen MR) is 67.6 cm³/mol. The second kappa shape index (κ2) is 14.5. The fourth-order valence-electron chi connectivity index (χ4n) is 1.03. The monoisotopic (exact) mass is 263 g/mol. The standard InChI is InChI=1S/C12H25NO5/c1-2-12(14)11-18-10-9-17-8-7-16-6-5-15-4-3-13/h2-11,13H2,1H3. The Bertz CT molecular complexity index is 189. The quantitative estimate of drug-likeness (QED) is 0.444. The van der Waals surface area contributed by atoms with Gasteiger partial charge in [0.2, 0.25) is 0 Å². The van der Waals surface area contributed by atoms with E-state index in [2.05, 4.69) is 0 Å². The van der Waals surface area contributed by atoms with Crippen molar-refractivity contribution in [3.8, 4) is 0 Å². The lowest BCUT2D eigenvalue weighted by molar-refractivity contribution is -0.123. The van der Waals surface area contributed by atoms with Crippen LogP contribution in [0.2, 0.25) is 0 Å². The second-order valence-electron chi connectivity index (χ2n) is 3.57. The zero-order valence-electron chi connectivity index (χ0n) is 11.2. The Kier molecular flexibility index (Phi) is 14.1. The number of rotatable bonds is 14. The van der Waals surface area contributed by atoms with Crippen molar-refractivity contribution in [3.63, 3.8) is 0 Å². The second-order valence-corrected chi connectivity index (χ2v) is 3.57. The third kappa shape index (κ3) is 13.5. The Morgan fingerprint density at radius 3 is 1.72 bits per heavy atom. The highest BCUT2D eigenvalue weighted by molar-refractivity contribution is 5.79. The van der Waals surface area contributed by atoms with E-state index in [-0.39, 0.29) is 12.4 Å². The lowest BCUT2D eigenvalue weighted by atomic mass is 10.3. The van der Waals surface area contributed by atoms with Crippen LogP contribution in [0.1, 0.15) is 13.3 Å². The molecule has 18 heavy (non-hydrogen) atoms. The molecule has 0 spiro atoms. The van der Waals surface area contributed by atoms with E-state index in [9.17, 15) is 4.79 Å². The Hall–Kier alpha value is -0.530. The molecule has 0 rings (SSSR count). The van der Waals surface area contributed by atoms with Crippen LogP contribution in [0.25, 0.3) is 0 Å². The Balaban J connectivity index is 2.97. The minimum absolute atomic E-state index is 0.107. The minimum atomic E-state index is 0.107. The molecule has 0 fully saturated rings. The van der Waals surface area contributed by atoms with Gasteiger partial charge in [-0.3, -0.25) is 4.79 Å². The van der Waals surface area contributed by atoms with Gasteiger partial charge in [-0.15, -0.1) is 0 Å². The summed E-state index contributed by atoms with van der Waals surface area (Å²) >= 11 is 0. The first-order valence-electron chi connectivity index (χ1n) is 6.34. The van der Waals surface area contributed by atoms with Gasteiger partial charge >= 0.3 is 0 Å². The number of hydrogen-bond donors (Lipinski definition) is 1. The number of carbonyl (C=O) groups excluding carboxylic acids is 1. The first kappa shape index (κ1) is 17.5. The van der Waals surface area contributed by atoms with Crippen LogP contribution < -0.4 is 5.73 Å². The van der Waals surface area contributed by atoms with E-state index in [4.69, 9.17) is 24.7 Å². The molecule has 0 saturated heterocycles. The van der Waals surface area contributed by atoms with Crippen molar-refractivity contribution in [2.45, 2.75) is 13.3 Å². The summed E-state index contributed by atoms with van der Waals surface area (Å²) in [5.74, 6) is 0.107. The van der Waals surface area contributed by atoms with Crippen molar-refractivity contribution in [1.82, 2.24) is 0 Å². The van der Waals surface area contributed by atoms with E-state index in [0.717, 1.165) is 0 Å². The number of carbonyl (C=O) groups is 1. The van der Waals surface area contributed by atoms with Gasteiger partial charge in [0.15, 0.2) is 5.78 Å². The Morgan fingerprint density at radius 1 is 0.833 bits per heavy atom. The van der Waals surface area contributed by atoms with Crippen LogP contribution >= 0.6 is 0 Å². The largest absolute Gasteiger partial charge is 0.378 e. The number of nitrogens with two attached hydrogens (primary N) is 1. The summed E-state index contributed by atoms with van der Waals surface area (Å²) in [6.07, 6.45) is 0.515. The topological polar surface area (TPSA) is 80.0 Å². The molecule has 0 aromatic carbocycles. The lowest BCUT2D eigenvalue weighted by Crippen LogP contribution is -2.15. The first-order chi connectivity index (χ1) is 8.81. The van der Waals surface area contributed by atoms with Crippen LogP contribution in [-0.2, 0) is 23.7 Å². The number of ketones is 1. The Morgan fingerprint density at radius 2 is 1.28 bits per heavy atom. The highest BCUT2D eigenvalue weighted by Gasteiger charge is 1.97. The molecule has 0 aliphatic rings. The average Bonchev–Trinajstić information content (AvgIpc) is 2.39. The normalized spacial score (nSPS) is 10.8. The SMILES string of the molecule is CCC(=O)COCCOCCOCCOCCN. The molecule has 6 heteroatoms. The van der Waals surface area contributed by atoms with Crippen LogP contribution in [-0.4, -0.2) is 65.2 Å². The molecule has 6 nitrogen and oxygen atoms in total. The molecule has 0 unspecified atom stereocenters. The molecule has 2 N–H and O–H groups in total. The smallest absolute Gasteiger partial charge is 0.158 e. The van der Waals surface area contributed by atoms with Crippen molar-refractivity contribution in [2.24, 2.45) is 5.73 Å². The Labute approximate surface area is 109 Å². The highest BCUT2D eigenvalue weighted by Crippen LogP contribution is 1.85. The third-order valence-electron chi connectivity index (χ3n) is 2.04. The van der Waals surface area contributed by atoms with Gasteiger partial charge in [-0.1, -0.05) is 6.92 Å². The van der Waals surface area contributed by atoms with E-state index >= 15 is 0 Å². The van der Waals surface area contributed by atoms with Gasteiger partial charge in [0.05, 0.1) is 46.2 Å². The van der Waals surface area contributed by atoms with Gasteiger partial charge < -0.3 is 24.7 Å². The summed E-state index contributed by atoms with van der Waals surface area (Å²) in [4.78, 5) is 10.9. The van der Waals surface area contributed by atoms with Crippen LogP contribution in [0.4, 0.5) is 0 Å². The van der Waals surface area contributed by atoms with Gasteiger partial charge in [0.1, 0.15) is 6.61 Å². The molecule has 0 radical (unpaired) electrons. The summed E-state index contributed by atoms with van der Waals surface area (Å²) in [5.41, 5.74) is 5.26. The minimum Gasteiger partial charge on any atom is -0.378 e. The van der Waals surface area contributed by atoms with Crippen LogP contribution in [0.3, 0.4) is 0 Å². The summed E-state index contributed by atoms with van der Waals surface area (Å²) in [7, 11) is 0. The van der Waals surface area contributed by atoms with Crippen LogP contribution in [0.15, 0.2) is 0 Å². The van der Waals surface area contributed by atoms with Gasteiger partial charge in [0, 0.05) is 13.0 Å². The molecule has 0 amide bonds. The van der Waals surface area contributed by atoms with E-state index in [1.807, 2.05) is 6.92 Å². The molecule has 108 valence electrons. The molecule has 0 saturated carbocycles. The summed E-state index contributed by atoms with van der Waals surface area (Å²) in [6.45, 7) is 6.14. The summed E-state index contributed by atoms with van der Waals surface area (Å²) in [6, 6.07) is 0. The zero-order valence-corrected chi connectivity index (χ0v) is 11.2. The molecule has 0 aromatic heterocycles. The van der Waals surface area contributed by atoms with Crippen LogP contribution in [0.5, 0.6) is 0 Å². The average molecular weight is 263 g/mol. The molecule has 0 aromatic rings. The van der Waals surface area contributed by atoms with Gasteiger partial charge in [0.25, 0.3) is 0 Å². The summed E-state index contributed by atoms with van der Waals surface area (Å²) < 4.78 is 20.8. The third-order valence-corrected chi connectivity index (χ3v) is 2.04. The first-order valence-corrected chi connectivity index (χ1v) is 6.34. The maximum absolute atomic E-state index is 10.9. The van der Waals surface area contributed by atoms with Crippen molar-refractivity contribution in [1.29, 1.82) is 0 Å². The number of Topliss-reactive ketones (excluding diaryl/α,β-unsaturated/α-hetero) is 1. The van der Waals surface area contributed by atoms with Crippen molar-refractivity contribution in [2.75, 3.05) is 59.4 Å². The van der Waals surface area contributed by atoms with Crippen LogP contribution in [0, 0.1) is 0 Å². The molecule has 0 aliphatic carbocycles. The van der Waals surface area contributed by atoms with Gasteiger partial charge in [-0.25, -0.2) is 0 Å². The summed E-state index contributed by atoms with van der Waals surface area (Å²) in [5, 5.41) is 0. The van der Waals surface area contributed by atoms with E-state index < -0.39 is 0 Å². The van der Waals surface area contributed by atoms with E-state index in [0.29, 0.717) is 59.2 Å². The number of ether oxygens (including phenoxy) is 4. The molecule has 0 atom stereocenters. The maximum atomic E-state index is 10.9. The van der Waals surface area contributed by atoms with Crippen molar-refractivity contribution in [3.05, 3.63) is 0 Å². The number of hydrogen-bond acceptors (Lipinski definition) is 6. The van der Waals surface area contributed by atoms with Crippen molar-refractivity contribution >= 4 is 5.78 Å². The van der Waals surface area contributed by atoms with E-state index in [1.54, 1.807) is 0 Å². The molecule has 0 bridgehead atoms. The molecular formula is C12H25NO5. The van der Waals surface area contributed by atoms with Gasteiger partial charge in [-0.05, 0) is 0 Å². The van der Waals surface area contributed by atoms with E-state index in [1.165, 1.54) is 0 Å². The molecule has 0 aliphatic heterocycles. The molecular weight excluding hydrogens is 238 g/mol. The predicted octanol–water partition coefficient (Wildman–Crippen LogP) is -0.00940. The zero-order chi connectivity index (χ0) is 13.5. The van der Waals surface area contributed by atoms with Gasteiger partial charge in [-0.2, -0.15) is 0 Å². The maximum Gasteiger partial charge on any atom is 0.158 e. The fraction of sp³-hybridized carbons (Fsp3) is 0.917.